The van der Waals surface area contributed by atoms with Crippen LogP contribution in [-0.2, 0) is 6.54 Å². The van der Waals surface area contributed by atoms with Gasteiger partial charge in [0.1, 0.15) is 10.0 Å². The maximum atomic E-state index is 4.16. The van der Waals surface area contributed by atoms with Crippen molar-refractivity contribution in [2.45, 2.75) is 13.5 Å². The molecule has 17 heavy (non-hydrogen) atoms. The third-order valence-corrected chi connectivity index (χ3v) is 3.98. The summed E-state index contributed by atoms with van der Waals surface area (Å²) in [4.78, 5) is 0. The van der Waals surface area contributed by atoms with Crippen molar-refractivity contribution in [3.8, 4) is 0 Å². The van der Waals surface area contributed by atoms with Crippen molar-refractivity contribution >= 4 is 38.6 Å². The molecule has 4 nitrogen and oxygen atoms in total. The summed E-state index contributed by atoms with van der Waals surface area (Å²) in [6.45, 7) is 2.68. The van der Waals surface area contributed by atoms with Crippen LogP contribution in [0.1, 0.15) is 10.0 Å². The lowest BCUT2D eigenvalue weighted by Crippen LogP contribution is -1.98. The number of aromatic nitrogens is 3. The molecule has 0 atom stereocenters. The fourth-order valence-corrected chi connectivity index (χ4v) is 2.84. The van der Waals surface area contributed by atoms with Gasteiger partial charge in [0.2, 0.25) is 0 Å². The zero-order valence-electron chi connectivity index (χ0n) is 9.17. The fraction of sp³-hybridized carbons (Fsp3) is 0.182. The van der Waals surface area contributed by atoms with Gasteiger partial charge in [-0.3, -0.25) is 0 Å². The van der Waals surface area contributed by atoms with Gasteiger partial charge in [-0.05, 0) is 36.7 Å². The van der Waals surface area contributed by atoms with Crippen LogP contribution < -0.4 is 5.32 Å². The van der Waals surface area contributed by atoms with Crippen LogP contribution in [-0.4, -0.2) is 14.6 Å². The predicted octanol–water partition coefficient (Wildman–Crippen LogP) is 3.07. The largest absolute Gasteiger partial charge is 0.378 e. The Morgan fingerprint density at radius 3 is 3.06 bits per heavy atom. The second kappa shape index (κ2) is 4.38. The zero-order valence-corrected chi connectivity index (χ0v) is 10.8. The second-order valence-electron chi connectivity index (χ2n) is 3.65. The van der Waals surface area contributed by atoms with Gasteiger partial charge in [0.25, 0.3) is 0 Å². The smallest absolute Gasteiger partial charge is 0.136 e. The van der Waals surface area contributed by atoms with Crippen molar-refractivity contribution in [1.82, 2.24) is 14.6 Å². The number of rotatable bonds is 3. The van der Waals surface area contributed by atoms with Gasteiger partial charge in [-0.15, -0.1) is 10.2 Å². The molecule has 0 unspecified atom stereocenters. The molecule has 0 aliphatic heterocycles. The third-order valence-electron chi connectivity index (χ3n) is 2.36. The summed E-state index contributed by atoms with van der Waals surface area (Å²) in [5, 5.41) is 14.6. The van der Waals surface area contributed by atoms with Gasteiger partial charge in [-0.25, -0.2) is 0 Å². The predicted molar refractivity (Wildman–Crippen MR) is 71.6 cm³/mol. The molecular weight excluding hydrogens is 252 g/mol. The summed E-state index contributed by atoms with van der Waals surface area (Å²) < 4.78 is 5.37. The van der Waals surface area contributed by atoms with Gasteiger partial charge in [0.15, 0.2) is 0 Å². The van der Waals surface area contributed by atoms with Crippen LogP contribution >= 0.6 is 22.9 Å². The van der Waals surface area contributed by atoms with Crippen LogP contribution in [0.15, 0.2) is 24.4 Å². The highest BCUT2D eigenvalue weighted by Gasteiger charge is 2.01. The lowest BCUT2D eigenvalue weighted by Gasteiger charge is -2.03. The topological polar surface area (TPSA) is 50.7 Å². The van der Waals surface area contributed by atoms with Gasteiger partial charge in [0.05, 0.1) is 11.2 Å². The molecule has 3 rings (SSSR count). The van der Waals surface area contributed by atoms with E-state index in [0.29, 0.717) is 6.54 Å². The van der Waals surface area contributed by atoms with E-state index in [1.807, 2.05) is 13.1 Å². The lowest BCUT2D eigenvalue weighted by molar-refractivity contribution is 0.971. The molecule has 0 aliphatic carbocycles. The minimum Gasteiger partial charge on any atom is -0.378 e. The molecule has 1 aromatic carbocycles. The zero-order chi connectivity index (χ0) is 11.7. The van der Waals surface area contributed by atoms with Crippen LogP contribution in [0.2, 0.25) is 0 Å². The van der Waals surface area contributed by atoms with E-state index < -0.39 is 0 Å². The molecule has 0 saturated carbocycles. The Labute approximate surface area is 106 Å². The van der Waals surface area contributed by atoms with Crippen molar-refractivity contribution < 1.29 is 0 Å². The van der Waals surface area contributed by atoms with E-state index in [2.05, 4.69) is 38.1 Å². The van der Waals surface area contributed by atoms with Crippen molar-refractivity contribution in [2.24, 2.45) is 0 Å². The number of benzene rings is 1. The number of fused-ring (bicyclic) bond motifs is 1. The molecule has 0 radical (unpaired) electrons. The standard InChI is InChI=1S/C11H10N4S2/c1-7-14-15-11(16-7)6-12-9-2-3-10-8(4-9)5-13-17-10/h2-5,12H,6H2,1H3. The number of anilines is 1. The highest BCUT2D eigenvalue weighted by atomic mass is 32.1. The number of aryl methyl sites for hydroxylation is 1. The first-order valence-electron chi connectivity index (χ1n) is 5.18. The normalized spacial score (nSPS) is 10.9. The molecule has 6 heteroatoms. The second-order valence-corrected chi connectivity index (χ2v) is 5.75. The highest BCUT2D eigenvalue weighted by molar-refractivity contribution is 7.13. The Balaban J connectivity index is 1.76. The quantitative estimate of drug-likeness (QED) is 0.788. The van der Waals surface area contributed by atoms with Gasteiger partial charge in [-0.1, -0.05) is 11.3 Å². The van der Waals surface area contributed by atoms with Crippen LogP contribution in [0, 0.1) is 6.92 Å². The number of nitrogens with one attached hydrogen (secondary N) is 1. The van der Waals surface area contributed by atoms with Gasteiger partial charge >= 0.3 is 0 Å². The first kappa shape index (κ1) is 10.6. The summed E-state index contributed by atoms with van der Waals surface area (Å²) in [7, 11) is 0. The SMILES string of the molecule is Cc1nnc(CNc2ccc3sncc3c2)s1. The van der Waals surface area contributed by atoms with E-state index in [1.165, 1.54) is 21.6 Å². The summed E-state index contributed by atoms with van der Waals surface area (Å²) in [5.41, 5.74) is 1.09. The Hall–Kier alpha value is -1.53. The molecule has 2 aromatic heterocycles. The molecule has 2 heterocycles. The van der Waals surface area contributed by atoms with Crippen LogP contribution in [0.4, 0.5) is 5.69 Å². The Morgan fingerprint density at radius 1 is 1.29 bits per heavy atom. The summed E-state index contributed by atoms with van der Waals surface area (Å²) in [5.74, 6) is 0. The molecule has 0 spiro atoms. The van der Waals surface area contributed by atoms with E-state index in [-0.39, 0.29) is 0 Å². The Morgan fingerprint density at radius 2 is 2.24 bits per heavy atom. The fourth-order valence-electron chi connectivity index (χ4n) is 1.57. The van der Waals surface area contributed by atoms with E-state index >= 15 is 0 Å². The number of hydrogen-bond acceptors (Lipinski definition) is 6. The maximum absolute atomic E-state index is 4.16. The number of nitrogens with zero attached hydrogens (tertiary/aromatic N) is 3. The third kappa shape index (κ3) is 2.27. The monoisotopic (exact) mass is 262 g/mol. The van der Waals surface area contributed by atoms with E-state index in [0.717, 1.165) is 15.7 Å². The van der Waals surface area contributed by atoms with Crippen LogP contribution in [0.5, 0.6) is 0 Å². The molecule has 0 fully saturated rings. The Bertz CT molecular complexity index is 644. The average molecular weight is 262 g/mol. The van der Waals surface area contributed by atoms with Gasteiger partial charge < -0.3 is 5.32 Å². The minimum absolute atomic E-state index is 0.717. The van der Waals surface area contributed by atoms with Crippen molar-refractivity contribution in [2.75, 3.05) is 5.32 Å². The molecule has 1 N–H and O–H groups in total. The molecule has 0 saturated heterocycles. The summed E-state index contributed by atoms with van der Waals surface area (Å²) in [6, 6.07) is 6.25. The Kier molecular flexibility index (Phi) is 2.74. The summed E-state index contributed by atoms with van der Waals surface area (Å²) in [6.07, 6.45) is 1.89. The van der Waals surface area contributed by atoms with E-state index in [1.54, 1.807) is 11.3 Å². The highest BCUT2D eigenvalue weighted by Crippen LogP contribution is 2.22. The molecule has 0 aliphatic rings. The lowest BCUT2D eigenvalue weighted by atomic mass is 10.2. The molecule has 86 valence electrons. The molecular formula is C11H10N4S2. The van der Waals surface area contributed by atoms with Crippen molar-refractivity contribution in [1.29, 1.82) is 0 Å². The van der Waals surface area contributed by atoms with Crippen molar-refractivity contribution in [3.63, 3.8) is 0 Å². The van der Waals surface area contributed by atoms with Crippen LogP contribution in [0.25, 0.3) is 10.1 Å². The first-order valence-corrected chi connectivity index (χ1v) is 6.77. The van der Waals surface area contributed by atoms with E-state index in [9.17, 15) is 0 Å². The number of hydrogen-bond donors (Lipinski definition) is 1. The molecule has 3 aromatic rings. The van der Waals surface area contributed by atoms with Crippen molar-refractivity contribution in [3.05, 3.63) is 34.4 Å². The molecule has 0 bridgehead atoms. The maximum Gasteiger partial charge on any atom is 0.136 e. The first-order chi connectivity index (χ1) is 8.31. The molecule has 0 amide bonds. The van der Waals surface area contributed by atoms with E-state index in [4.69, 9.17) is 0 Å². The van der Waals surface area contributed by atoms with Gasteiger partial charge in [-0.2, -0.15) is 4.37 Å². The van der Waals surface area contributed by atoms with Crippen LogP contribution in [0.3, 0.4) is 0 Å². The van der Waals surface area contributed by atoms with Gasteiger partial charge in [0, 0.05) is 17.3 Å². The minimum atomic E-state index is 0.717. The average Bonchev–Trinajstić information content (AvgIpc) is 2.94. The summed E-state index contributed by atoms with van der Waals surface area (Å²) >= 11 is 3.13.